The zero-order chi connectivity index (χ0) is 16.1. The Balaban J connectivity index is 0.000000299. The van der Waals surface area contributed by atoms with Crippen LogP contribution in [0.3, 0.4) is 0 Å². The molecule has 10 nitrogen and oxygen atoms in total. The lowest BCUT2D eigenvalue weighted by molar-refractivity contribution is -0.0554. The standard InChI is InChI=1S/C8H12N4O5.C4H4O/c9-7-10-2-12(8(16)11-7)6-5(15)4(14)3(1-13)17-6;1-2-4-5-3-1/h2-6,13-15H,1H2,(H2,9,11,16);1-4H/t3-,4-,5-,6-;/m1./s1. The number of hydrogen-bond acceptors (Lipinski definition) is 9. The van der Waals surface area contributed by atoms with Crippen LogP contribution < -0.4 is 11.4 Å². The van der Waals surface area contributed by atoms with E-state index in [9.17, 15) is 15.0 Å². The Morgan fingerprint density at radius 2 is 1.95 bits per heavy atom. The number of aliphatic hydroxyl groups is 3. The van der Waals surface area contributed by atoms with E-state index in [1.54, 1.807) is 12.5 Å². The second kappa shape index (κ2) is 7.13. The fourth-order valence-electron chi connectivity index (χ4n) is 1.87. The molecule has 2 aromatic heterocycles. The molecule has 1 saturated heterocycles. The van der Waals surface area contributed by atoms with Crippen molar-refractivity contribution < 1.29 is 24.5 Å². The lowest BCUT2D eigenvalue weighted by atomic mass is 10.1. The van der Waals surface area contributed by atoms with Gasteiger partial charge in [-0.2, -0.15) is 4.98 Å². The summed E-state index contributed by atoms with van der Waals surface area (Å²) in [6.07, 6.45) is -0.424. The summed E-state index contributed by atoms with van der Waals surface area (Å²) in [5, 5.41) is 28.1. The highest BCUT2D eigenvalue weighted by Crippen LogP contribution is 2.27. The van der Waals surface area contributed by atoms with E-state index >= 15 is 0 Å². The van der Waals surface area contributed by atoms with Crippen LogP contribution in [0.1, 0.15) is 6.23 Å². The topological polar surface area (TPSA) is 157 Å². The molecule has 0 aliphatic carbocycles. The average Bonchev–Trinajstić information content (AvgIpc) is 3.14. The number of aromatic nitrogens is 3. The molecule has 1 fully saturated rings. The molecule has 0 unspecified atom stereocenters. The summed E-state index contributed by atoms with van der Waals surface area (Å²) in [6.45, 7) is -0.473. The summed E-state index contributed by atoms with van der Waals surface area (Å²) in [5.41, 5.74) is 4.46. The lowest BCUT2D eigenvalue weighted by Gasteiger charge is -2.16. The Hall–Kier alpha value is -2.27. The Bertz CT molecular complexity index is 614. The first kappa shape index (κ1) is 16.1. The van der Waals surface area contributed by atoms with Crippen LogP contribution in [-0.4, -0.2) is 54.8 Å². The van der Waals surface area contributed by atoms with E-state index < -0.39 is 36.8 Å². The summed E-state index contributed by atoms with van der Waals surface area (Å²) in [7, 11) is 0. The van der Waals surface area contributed by atoms with Gasteiger partial charge in [0.1, 0.15) is 24.6 Å². The van der Waals surface area contributed by atoms with Gasteiger partial charge in [-0.15, -0.1) is 0 Å². The summed E-state index contributed by atoms with van der Waals surface area (Å²) in [5.74, 6) is -0.196. The summed E-state index contributed by atoms with van der Waals surface area (Å²) in [6, 6.07) is 3.67. The molecule has 10 heteroatoms. The third-order valence-electron chi connectivity index (χ3n) is 2.96. The van der Waals surface area contributed by atoms with Gasteiger partial charge in [0.2, 0.25) is 5.95 Å². The summed E-state index contributed by atoms with van der Waals surface area (Å²) in [4.78, 5) is 18.4. The molecule has 0 saturated carbocycles. The molecule has 0 bridgehead atoms. The average molecular weight is 312 g/mol. The van der Waals surface area contributed by atoms with Crippen LogP contribution in [0.25, 0.3) is 0 Å². The Morgan fingerprint density at radius 3 is 2.41 bits per heavy atom. The molecule has 5 N–H and O–H groups in total. The Morgan fingerprint density at radius 1 is 1.27 bits per heavy atom. The molecule has 1 aliphatic rings. The number of furan rings is 1. The molecule has 22 heavy (non-hydrogen) atoms. The smallest absolute Gasteiger partial charge is 0.354 e. The highest BCUT2D eigenvalue weighted by molar-refractivity contribution is 5.10. The highest BCUT2D eigenvalue weighted by Gasteiger charge is 2.43. The van der Waals surface area contributed by atoms with Crippen LogP contribution in [-0.2, 0) is 4.74 Å². The number of rotatable bonds is 2. The van der Waals surface area contributed by atoms with E-state index in [1.165, 1.54) is 0 Å². The van der Waals surface area contributed by atoms with Crippen molar-refractivity contribution in [2.75, 3.05) is 12.3 Å². The van der Waals surface area contributed by atoms with Gasteiger partial charge in [0, 0.05) is 0 Å². The van der Waals surface area contributed by atoms with Gasteiger partial charge < -0.3 is 30.2 Å². The third kappa shape index (κ3) is 3.49. The van der Waals surface area contributed by atoms with Crippen molar-refractivity contribution in [2.24, 2.45) is 0 Å². The number of hydrogen-bond donors (Lipinski definition) is 4. The minimum atomic E-state index is -1.35. The largest absolute Gasteiger partial charge is 0.473 e. The number of nitrogens with zero attached hydrogens (tertiary/aromatic N) is 3. The lowest BCUT2D eigenvalue weighted by Crippen LogP contribution is -2.36. The Kier molecular flexibility index (Phi) is 5.22. The van der Waals surface area contributed by atoms with Gasteiger partial charge in [-0.1, -0.05) is 0 Å². The van der Waals surface area contributed by atoms with Gasteiger partial charge in [-0.25, -0.2) is 9.78 Å². The fourth-order valence-corrected chi connectivity index (χ4v) is 1.87. The molecule has 0 radical (unpaired) electrons. The van der Waals surface area contributed by atoms with Crippen LogP contribution in [0.5, 0.6) is 0 Å². The first-order chi connectivity index (χ1) is 10.5. The van der Waals surface area contributed by atoms with Crippen LogP contribution >= 0.6 is 0 Å². The quantitative estimate of drug-likeness (QED) is 0.497. The third-order valence-corrected chi connectivity index (χ3v) is 2.96. The molecule has 0 aromatic carbocycles. The van der Waals surface area contributed by atoms with E-state index in [1.807, 2.05) is 12.1 Å². The number of ether oxygens (including phenoxy) is 1. The summed E-state index contributed by atoms with van der Waals surface area (Å²) >= 11 is 0. The maximum atomic E-state index is 11.5. The van der Waals surface area contributed by atoms with E-state index in [2.05, 4.69) is 14.4 Å². The second-order valence-corrected chi connectivity index (χ2v) is 4.43. The SMILES string of the molecule is Nc1ncn([C@@H]2O[C@H](CO)[C@@H](O)[C@H]2O)c(=O)n1.c1ccoc1. The summed E-state index contributed by atoms with van der Waals surface area (Å²) < 4.78 is 10.6. The number of nitrogen functional groups attached to an aromatic ring is 1. The fraction of sp³-hybridized carbons (Fsp3) is 0.417. The number of aliphatic hydroxyl groups excluding tert-OH is 3. The van der Waals surface area contributed by atoms with Crippen molar-refractivity contribution in [2.45, 2.75) is 24.5 Å². The van der Waals surface area contributed by atoms with Crippen molar-refractivity contribution >= 4 is 5.95 Å². The van der Waals surface area contributed by atoms with Gasteiger partial charge >= 0.3 is 5.69 Å². The van der Waals surface area contributed by atoms with E-state index in [4.69, 9.17) is 15.6 Å². The predicted octanol–water partition coefficient (Wildman–Crippen LogP) is -1.89. The van der Waals surface area contributed by atoms with Gasteiger partial charge in [0.25, 0.3) is 0 Å². The molecule has 0 spiro atoms. The highest BCUT2D eigenvalue weighted by atomic mass is 16.6. The normalized spacial score (nSPS) is 27.2. The van der Waals surface area contributed by atoms with Crippen molar-refractivity contribution in [1.29, 1.82) is 0 Å². The van der Waals surface area contributed by atoms with Crippen molar-refractivity contribution in [3.05, 3.63) is 41.5 Å². The predicted molar refractivity (Wildman–Crippen MR) is 72.4 cm³/mol. The van der Waals surface area contributed by atoms with Crippen molar-refractivity contribution in [3.8, 4) is 0 Å². The van der Waals surface area contributed by atoms with Crippen LogP contribution in [0, 0.1) is 0 Å². The molecule has 120 valence electrons. The maximum absolute atomic E-state index is 11.5. The van der Waals surface area contributed by atoms with Crippen LogP contribution in [0.4, 0.5) is 5.95 Å². The first-order valence-electron chi connectivity index (χ1n) is 6.35. The van der Waals surface area contributed by atoms with E-state index in [0.29, 0.717) is 0 Å². The van der Waals surface area contributed by atoms with Gasteiger partial charge in [-0.3, -0.25) is 4.57 Å². The second-order valence-electron chi connectivity index (χ2n) is 4.43. The van der Waals surface area contributed by atoms with E-state index in [0.717, 1.165) is 10.9 Å². The number of nitrogens with two attached hydrogens (primary N) is 1. The van der Waals surface area contributed by atoms with Gasteiger partial charge in [0.05, 0.1) is 19.1 Å². The number of anilines is 1. The van der Waals surface area contributed by atoms with Crippen LogP contribution in [0.2, 0.25) is 0 Å². The Labute approximate surface area is 124 Å². The zero-order valence-electron chi connectivity index (χ0n) is 11.4. The maximum Gasteiger partial charge on any atom is 0.354 e. The van der Waals surface area contributed by atoms with Gasteiger partial charge in [0.15, 0.2) is 6.23 Å². The molecular weight excluding hydrogens is 296 g/mol. The van der Waals surface area contributed by atoms with Gasteiger partial charge in [-0.05, 0) is 12.1 Å². The van der Waals surface area contributed by atoms with Crippen molar-refractivity contribution in [1.82, 2.24) is 14.5 Å². The minimum Gasteiger partial charge on any atom is -0.473 e. The molecule has 1 aliphatic heterocycles. The van der Waals surface area contributed by atoms with Crippen molar-refractivity contribution in [3.63, 3.8) is 0 Å². The monoisotopic (exact) mass is 312 g/mol. The molecule has 3 rings (SSSR count). The first-order valence-corrected chi connectivity index (χ1v) is 6.35. The molecular formula is C12H16N4O6. The molecule has 3 heterocycles. The molecule has 2 aromatic rings. The van der Waals surface area contributed by atoms with E-state index in [-0.39, 0.29) is 5.95 Å². The zero-order valence-corrected chi connectivity index (χ0v) is 11.4. The van der Waals surface area contributed by atoms with Crippen LogP contribution in [0.15, 0.2) is 40.2 Å². The minimum absolute atomic E-state index is 0.196. The molecule has 4 atom stereocenters. The molecule has 0 amide bonds.